The maximum atomic E-state index is 15.2. The molecule has 2 aromatic carbocycles. The second kappa shape index (κ2) is 9.78. The van der Waals surface area contributed by atoms with Crippen molar-refractivity contribution in [2.24, 2.45) is 0 Å². The molecule has 0 spiro atoms. The first-order valence-electron chi connectivity index (χ1n) is 12.6. The van der Waals surface area contributed by atoms with Crippen LogP contribution in [0, 0.1) is 5.82 Å². The molecule has 0 aliphatic carbocycles. The number of ether oxygens (including phenoxy) is 1. The zero-order valence-electron chi connectivity index (χ0n) is 20.4. The molecule has 0 saturated carbocycles. The van der Waals surface area contributed by atoms with Crippen LogP contribution in [0.25, 0.3) is 22.2 Å². The van der Waals surface area contributed by atoms with Gasteiger partial charge in [0, 0.05) is 61.1 Å². The molecule has 36 heavy (non-hydrogen) atoms. The number of hydrogen-bond donors (Lipinski definition) is 0. The average Bonchev–Trinajstić information content (AvgIpc) is 3.48. The van der Waals surface area contributed by atoms with Crippen LogP contribution in [-0.4, -0.2) is 59.3 Å². The van der Waals surface area contributed by atoms with E-state index in [0.29, 0.717) is 24.5 Å². The van der Waals surface area contributed by atoms with E-state index in [1.165, 1.54) is 25.2 Å². The van der Waals surface area contributed by atoms with Crippen molar-refractivity contribution in [3.05, 3.63) is 72.2 Å². The van der Waals surface area contributed by atoms with E-state index in [0.717, 1.165) is 59.8 Å². The molecule has 2 fully saturated rings. The van der Waals surface area contributed by atoms with Gasteiger partial charge in [-0.3, -0.25) is 4.98 Å². The average molecular weight is 485 g/mol. The molecular weight excluding hydrogens is 455 g/mol. The third kappa shape index (κ3) is 4.26. The predicted octanol–water partition coefficient (Wildman–Crippen LogP) is 4.81. The first-order valence-corrected chi connectivity index (χ1v) is 12.6. The van der Waals surface area contributed by atoms with Crippen LogP contribution in [0.15, 0.2) is 55.1 Å². The minimum atomic E-state index is -0.304. The Morgan fingerprint density at radius 2 is 1.67 bits per heavy atom. The summed E-state index contributed by atoms with van der Waals surface area (Å²) >= 11 is 0. The van der Waals surface area contributed by atoms with Crippen molar-refractivity contribution in [3.8, 4) is 11.3 Å². The lowest BCUT2D eigenvalue weighted by atomic mass is 9.93. The monoisotopic (exact) mass is 484 g/mol. The van der Waals surface area contributed by atoms with Gasteiger partial charge < -0.3 is 14.5 Å². The molecule has 2 saturated heterocycles. The highest BCUT2D eigenvalue weighted by Crippen LogP contribution is 2.35. The van der Waals surface area contributed by atoms with Gasteiger partial charge in [-0.05, 0) is 48.7 Å². The van der Waals surface area contributed by atoms with E-state index >= 15 is 4.39 Å². The fourth-order valence-corrected chi connectivity index (χ4v) is 5.25. The third-order valence-corrected chi connectivity index (χ3v) is 7.26. The molecule has 2 aromatic heterocycles. The topological polar surface area (TPSA) is 67.3 Å². The summed E-state index contributed by atoms with van der Waals surface area (Å²) in [6.07, 6.45) is 7.33. The number of nitrogens with zero attached hydrogens (tertiary/aromatic N) is 6. The Morgan fingerprint density at radius 3 is 2.50 bits per heavy atom. The number of halogens is 1. The van der Waals surface area contributed by atoms with Crippen LogP contribution in [0.1, 0.15) is 36.9 Å². The number of fused-ring (bicyclic) bond motifs is 1. The lowest BCUT2D eigenvalue weighted by Crippen LogP contribution is -2.36. The van der Waals surface area contributed by atoms with Gasteiger partial charge in [-0.1, -0.05) is 13.0 Å². The van der Waals surface area contributed by atoms with E-state index in [9.17, 15) is 0 Å². The molecule has 4 heterocycles. The summed E-state index contributed by atoms with van der Waals surface area (Å²) in [5.74, 6) is 0.577. The highest BCUT2D eigenvalue weighted by molar-refractivity contribution is 5.94. The van der Waals surface area contributed by atoms with E-state index in [1.807, 2.05) is 18.2 Å². The van der Waals surface area contributed by atoms with Gasteiger partial charge in [-0.2, -0.15) is 0 Å². The SMILES string of the molecule is CC(c1ccc(F)c(-c2ncnc3cc(N4CCOCC4)ccc23)c1)c1nccnc1N1CCCC1. The molecule has 0 N–H and O–H groups in total. The number of morpholine rings is 1. The Kier molecular flexibility index (Phi) is 6.19. The fourth-order valence-electron chi connectivity index (χ4n) is 5.25. The first kappa shape index (κ1) is 22.8. The van der Waals surface area contributed by atoms with Crippen molar-refractivity contribution in [3.63, 3.8) is 0 Å². The van der Waals surface area contributed by atoms with Crippen molar-refractivity contribution in [2.75, 3.05) is 49.2 Å². The van der Waals surface area contributed by atoms with E-state index < -0.39 is 0 Å². The lowest BCUT2D eigenvalue weighted by molar-refractivity contribution is 0.122. The molecule has 8 heteroatoms. The standard InChI is InChI=1S/C28H29FN6O/c1-19(26-28(31-9-8-30-26)35-10-2-3-11-35)20-4-7-24(29)23(16-20)27-22-6-5-21(17-25(22)32-18-33-27)34-12-14-36-15-13-34/h4-9,16-19H,2-3,10-15H2,1H3. The van der Waals surface area contributed by atoms with Crippen LogP contribution in [0.5, 0.6) is 0 Å². The molecular formula is C28H29FN6O. The van der Waals surface area contributed by atoms with Crippen LogP contribution in [0.2, 0.25) is 0 Å². The Labute approximate surface area is 210 Å². The first-order chi connectivity index (χ1) is 17.7. The third-order valence-electron chi connectivity index (χ3n) is 7.26. The summed E-state index contributed by atoms with van der Waals surface area (Å²) in [4.78, 5) is 22.9. The number of aromatic nitrogens is 4. The van der Waals surface area contributed by atoms with Gasteiger partial charge >= 0.3 is 0 Å². The molecule has 184 valence electrons. The highest BCUT2D eigenvalue weighted by atomic mass is 19.1. The maximum absolute atomic E-state index is 15.2. The summed E-state index contributed by atoms with van der Waals surface area (Å²) in [6.45, 7) is 7.22. The Hall–Kier alpha value is -3.65. The lowest BCUT2D eigenvalue weighted by Gasteiger charge is -2.29. The van der Waals surface area contributed by atoms with Crippen LogP contribution in [0.4, 0.5) is 15.9 Å². The van der Waals surface area contributed by atoms with Crippen molar-refractivity contribution >= 4 is 22.4 Å². The second-order valence-electron chi connectivity index (χ2n) is 9.44. The molecule has 1 unspecified atom stereocenters. The smallest absolute Gasteiger partial charge is 0.150 e. The van der Waals surface area contributed by atoms with Crippen molar-refractivity contribution in [2.45, 2.75) is 25.7 Å². The van der Waals surface area contributed by atoms with E-state index in [2.05, 4.69) is 43.8 Å². The quantitative estimate of drug-likeness (QED) is 0.403. The van der Waals surface area contributed by atoms with Gasteiger partial charge in [0.25, 0.3) is 0 Å². The van der Waals surface area contributed by atoms with Gasteiger partial charge in [0.2, 0.25) is 0 Å². The normalized spacial score (nSPS) is 17.1. The molecule has 2 aliphatic heterocycles. The fraction of sp³-hybridized carbons (Fsp3) is 0.357. The molecule has 0 amide bonds. The number of anilines is 2. The second-order valence-corrected chi connectivity index (χ2v) is 9.44. The van der Waals surface area contributed by atoms with Gasteiger partial charge in [-0.15, -0.1) is 0 Å². The van der Waals surface area contributed by atoms with Crippen LogP contribution in [-0.2, 0) is 4.74 Å². The maximum Gasteiger partial charge on any atom is 0.150 e. The number of hydrogen-bond acceptors (Lipinski definition) is 7. The van der Waals surface area contributed by atoms with E-state index in [4.69, 9.17) is 9.72 Å². The highest BCUT2D eigenvalue weighted by Gasteiger charge is 2.23. The van der Waals surface area contributed by atoms with Gasteiger partial charge in [-0.25, -0.2) is 19.3 Å². The molecule has 1 atom stereocenters. The minimum absolute atomic E-state index is 0.0466. The molecule has 4 aromatic rings. The molecule has 0 bridgehead atoms. The molecule has 0 radical (unpaired) electrons. The summed E-state index contributed by atoms with van der Waals surface area (Å²) in [5, 5.41) is 0.829. The van der Waals surface area contributed by atoms with E-state index in [-0.39, 0.29) is 11.7 Å². The molecule has 2 aliphatic rings. The summed E-state index contributed by atoms with van der Waals surface area (Å²) in [6, 6.07) is 11.4. The summed E-state index contributed by atoms with van der Waals surface area (Å²) in [7, 11) is 0. The zero-order chi connectivity index (χ0) is 24.5. The molecule has 7 nitrogen and oxygen atoms in total. The van der Waals surface area contributed by atoms with Crippen LogP contribution >= 0.6 is 0 Å². The van der Waals surface area contributed by atoms with Crippen molar-refractivity contribution in [1.29, 1.82) is 0 Å². The summed E-state index contributed by atoms with van der Waals surface area (Å²) < 4.78 is 20.7. The Balaban J connectivity index is 1.38. The van der Waals surface area contributed by atoms with Crippen LogP contribution < -0.4 is 9.80 Å². The van der Waals surface area contributed by atoms with Crippen LogP contribution in [0.3, 0.4) is 0 Å². The predicted molar refractivity (Wildman–Crippen MR) is 139 cm³/mol. The number of benzene rings is 2. The number of rotatable bonds is 5. The Bertz CT molecular complexity index is 1380. The summed E-state index contributed by atoms with van der Waals surface area (Å²) in [5.41, 5.74) is 4.85. The van der Waals surface area contributed by atoms with Gasteiger partial charge in [0.15, 0.2) is 5.82 Å². The zero-order valence-corrected chi connectivity index (χ0v) is 20.4. The minimum Gasteiger partial charge on any atom is -0.378 e. The largest absolute Gasteiger partial charge is 0.378 e. The van der Waals surface area contributed by atoms with E-state index in [1.54, 1.807) is 12.4 Å². The molecule has 6 rings (SSSR count). The van der Waals surface area contributed by atoms with Crippen molar-refractivity contribution < 1.29 is 9.13 Å². The Morgan fingerprint density at radius 1 is 0.861 bits per heavy atom. The van der Waals surface area contributed by atoms with Gasteiger partial charge in [0.05, 0.1) is 30.1 Å². The van der Waals surface area contributed by atoms with Gasteiger partial charge in [0.1, 0.15) is 12.1 Å². The van der Waals surface area contributed by atoms with Crippen molar-refractivity contribution in [1.82, 2.24) is 19.9 Å².